The second-order valence-corrected chi connectivity index (χ2v) is 5.81. The number of carbonyl (C=O) groups excluding carboxylic acids is 2. The molecule has 3 rings (SSSR count). The van der Waals surface area contributed by atoms with Gasteiger partial charge in [0.05, 0.1) is 30.5 Å². The van der Waals surface area contributed by atoms with Crippen LogP contribution in [0.1, 0.15) is 40.3 Å². The molecule has 26 heavy (non-hydrogen) atoms. The third-order valence-electron chi connectivity index (χ3n) is 4.42. The number of esters is 1. The van der Waals surface area contributed by atoms with Gasteiger partial charge in [-0.05, 0) is 48.7 Å². The Bertz CT molecular complexity index is 972. The fraction of sp³-hybridized carbons (Fsp3) is 0.238. The zero-order valence-electron chi connectivity index (χ0n) is 15.1. The van der Waals surface area contributed by atoms with Gasteiger partial charge in [0.15, 0.2) is 6.29 Å². The summed E-state index contributed by atoms with van der Waals surface area (Å²) in [4.78, 5) is 24.6. The molecule has 0 saturated heterocycles. The van der Waals surface area contributed by atoms with E-state index >= 15 is 0 Å². The predicted molar refractivity (Wildman–Crippen MR) is 100 cm³/mol. The molecule has 1 aromatic carbocycles. The number of fused-ring (bicyclic) bond motifs is 1. The average Bonchev–Trinajstić information content (AvgIpc) is 3.02. The molecular weight excluding hydrogens is 330 g/mol. The molecule has 0 aliphatic heterocycles. The normalized spacial score (nSPS) is 10.7. The lowest BCUT2D eigenvalue weighted by Gasteiger charge is -2.11. The first-order valence-electron chi connectivity index (χ1n) is 8.58. The van der Waals surface area contributed by atoms with Crippen LogP contribution in [0.25, 0.3) is 16.6 Å². The van der Waals surface area contributed by atoms with Crippen molar-refractivity contribution in [1.29, 1.82) is 0 Å². The molecule has 0 aliphatic carbocycles. The highest BCUT2D eigenvalue weighted by molar-refractivity contribution is 6.09. The second kappa shape index (κ2) is 7.44. The number of aryl methyl sites for hydroxylation is 1. The van der Waals surface area contributed by atoms with E-state index in [-0.39, 0.29) is 6.61 Å². The third kappa shape index (κ3) is 2.86. The molecular formula is C21H21NO4. The van der Waals surface area contributed by atoms with Crippen molar-refractivity contribution < 1.29 is 19.1 Å². The Labute approximate surface area is 152 Å². The highest BCUT2D eigenvalue weighted by Gasteiger charge is 2.25. The van der Waals surface area contributed by atoms with Gasteiger partial charge in [-0.15, -0.1) is 0 Å². The fourth-order valence-electron chi connectivity index (χ4n) is 3.26. The quantitative estimate of drug-likeness (QED) is 0.494. The Kier molecular flexibility index (Phi) is 5.07. The Morgan fingerprint density at radius 2 is 2.00 bits per heavy atom. The molecule has 0 saturated carbocycles. The Morgan fingerprint density at radius 3 is 2.65 bits per heavy atom. The van der Waals surface area contributed by atoms with E-state index in [2.05, 4.69) is 0 Å². The molecule has 0 amide bonds. The molecule has 0 spiro atoms. The van der Waals surface area contributed by atoms with Gasteiger partial charge in [0.1, 0.15) is 5.75 Å². The van der Waals surface area contributed by atoms with E-state index < -0.39 is 5.97 Å². The predicted octanol–water partition coefficient (Wildman–Crippen LogP) is 4.17. The largest absolute Gasteiger partial charge is 0.496 e. The van der Waals surface area contributed by atoms with Gasteiger partial charge in [0.2, 0.25) is 0 Å². The van der Waals surface area contributed by atoms with Crippen molar-refractivity contribution in [3.63, 3.8) is 0 Å². The molecule has 0 atom stereocenters. The zero-order valence-corrected chi connectivity index (χ0v) is 15.1. The van der Waals surface area contributed by atoms with E-state index in [4.69, 9.17) is 9.47 Å². The summed E-state index contributed by atoms with van der Waals surface area (Å²) in [5.74, 6) is 0.346. The summed E-state index contributed by atoms with van der Waals surface area (Å²) in [5.41, 5.74) is 3.86. The number of aromatic nitrogens is 1. The molecule has 2 heterocycles. The van der Waals surface area contributed by atoms with Gasteiger partial charge in [0.25, 0.3) is 0 Å². The van der Waals surface area contributed by atoms with Gasteiger partial charge in [-0.3, -0.25) is 4.79 Å². The summed E-state index contributed by atoms with van der Waals surface area (Å²) in [7, 11) is 1.63. The van der Waals surface area contributed by atoms with Crippen LogP contribution in [-0.2, 0) is 11.2 Å². The van der Waals surface area contributed by atoms with Gasteiger partial charge in [-0.2, -0.15) is 0 Å². The standard InChI is InChI=1S/C21H21NO4/c1-4-14-12-15(9-10-18(14)25-3)19-17(13-23)22-11-7-6-8-16(22)20(19)21(24)26-5-2/h6-13H,4-5H2,1-3H3. The SMILES string of the molecule is CCOC(=O)c1c(-c2ccc(OC)c(CC)c2)c(C=O)n2ccccc12. The van der Waals surface area contributed by atoms with Crippen LogP contribution in [0.3, 0.4) is 0 Å². The summed E-state index contributed by atoms with van der Waals surface area (Å²) in [5, 5.41) is 0. The van der Waals surface area contributed by atoms with E-state index in [0.717, 1.165) is 29.6 Å². The van der Waals surface area contributed by atoms with Crippen molar-refractivity contribution in [1.82, 2.24) is 4.40 Å². The number of hydrogen-bond acceptors (Lipinski definition) is 4. The lowest BCUT2D eigenvalue weighted by molar-refractivity contribution is 0.0529. The summed E-state index contributed by atoms with van der Waals surface area (Å²) in [6, 6.07) is 11.2. The van der Waals surface area contributed by atoms with E-state index in [9.17, 15) is 9.59 Å². The number of ether oxygens (including phenoxy) is 2. The highest BCUT2D eigenvalue weighted by Crippen LogP contribution is 2.35. The number of pyridine rings is 1. The smallest absolute Gasteiger partial charge is 0.340 e. The first-order valence-corrected chi connectivity index (χ1v) is 8.58. The van der Waals surface area contributed by atoms with Crippen LogP contribution in [0, 0.1) is 0 Å². The number of rotatable bonds is 6. The molecule has 0 N–H and O–H groups in total. The minimum atomic E-state index is -0.437. The lowest BCUT2D eigenvalue weighted by atomic mass is 9.97. The minimum Gasteiger partial charge on any atom is -0.496 e. The molecule has 0 fully saturated rings. The number of methoxy groups -OCH3 is 1. The number of aldehydes is 1. The van der Waals surface area contributed by atoms with E-state index in [0.29, 0.717) is 22.3 Å². The summed E-state index contributed by atoms with van der Waals surface area (Å²) in [6.45, 7) is 4.06. The molecule has 0 radical (unpaired) electrons. The fourth-order valence-corrected chi connectivity index (χ4v) is 3.26. The van der Waals surface area contributed by atoms with E-state index in [1.165, 1.54) is 0 Å². The third-order valence-corrected chi connectivity index (χ3v) is 4.42. The van der Waals surface area contributed by atoms with E-state index in [1.54, 1.807) is 24.6 Å². The second-order valence-electron chi connectivity index (χ2n) is 5.81. The molecule has 5 nitrogen and oxygen atoms in total. The number of benzene rings is 1. The average molecular weight is 351 g/mol. The summed E-state index contributed by atoms with van der Waals surface area (Å²) < 4.78 is 12.4. The van der Waals surface area contributed by atoms with Gasteiger partial charge < -0.3 is 13.9 Å². The summed E-state index contributed by atoms with van der Waals surface area (Å²) in [6.07, 6.45) is 3.33. The summed E-state index contributed by atoms with van der Waals surface area (Å²) >= 11 is 0. The van der Waals surface area contributed by atoms with Crippen LogP contribution in [0.5, 0.6) is 5.75 Å². The monoisotopic (exact) mass is 351 g/mol. The first kappa shape index (κ1) is 17.7. The molecule has 0 aliphatic rings. The van der Waals surface area contributed by atoms with Crippen LogP contribution in [0.4, 0.5) is 0 Å². The van der Waals surface area contributed by atoms with Crippen molar-refractivity contribution in [2.75, 3.05) is 13.7 Å². The van der Waals surface area contributed by atoms with Gasteiger partial charge in [0, 0.05) is 11.8 Å². The Balaban J connectivity index is 2.36. The van der Waals surface area contributed by atoms with Gasteiger partial charge >= 0.3 is 5.97 Å². The Hall–Kier alpha value is -3.08. The van der Waals surface area contributed by atoms with Crippen molar-refractivity contribution >= 4 is 17.8 Å². The highest BCUT2D eigenvalue weighted by atomic mass is 16.5. The van der Waals surface area contributed by atoms with Crippen molar-refractivity contribution in [2.24, 2.45) is 0 Å². The maximum atomic E-state index is 12.7. The Morgan fingerprint density at radius 1 is 1.19 bits per heavy atom. The van der Waals surface area contributed by atoms with Crippen LogP contribution >= 0.6 is 0 Å². The molecule has 134 valence electrons. The molecule has 0 unspecified atom stereocenters. The van der Waals surface area contributed by atoms with Crippen molar-refractivity contribution in [3.05, 3.63) is 59.4 Å². The minimum absolute atomic E-state index is 0.266. The number of hydrogen-bond donors (Lipinski definition) is 0. The first-order chi connectivity index (χ1) is 12.7. The molecule has 5 heteroatoms. The molecule has 3 aromatic rings. The molecule has 0 bridgehead atoms. The van der Waals surface area contributed by atoms with Crippen molar-refractivity contribution in [2.45, 2.75) is 20.3 Å². The molecule has 2 aromatic heterocycles. The van der Waals surface area contributed by atoms with Crippen LogP contribution < -0.4 is 4.74 Å². The van der Waals surface area contributed by atoms with Crippen molar-refractivity contribution in [3.8, 4) is 16.9 Å². The maximum absolute atomic E-state index is 12.7. The van der Waals surface area contributed by atoms with Crippen LogP contribution in [0.2, 0.25) is 0 Å². The topological polar surface area (TPSA) is 57.0 Å². The number of nitrogens with zero attached hydrogens (tertiary/aromatic N) is 1. The van der Waals surface area contributed by atoms with Gasteiger partial charge in [-0.1, -0.05) is 19.1 Å². The van der Waals surface area contributed by atoms with E-state index in [1.807, 2.05) is 43.3 Å². The number of carbonyl (C=O) groups is 2. The van der Waals surface area contributed by atoms with Crippen LogP contribution in [-0.4, -0.2) is 30.4 Å². The van der Waals surface area contributed by atoms with Gasteiger partial charge in [-0.25, -0.2) is 4.79 Å². The lowest BCUT2D eigenvalue weighted by Crippen LogP contribution is -2.06. The maximum Gasteiger partial charge on any atom is 0.340 e. The zero-order chi connectivity index (χ0) is 18.7. The van der Waals surface area contributed by atoms with Crippen LogP contribution in [0.15, 0.2) is 42.6 Å².